The molecule has 36 nitrogen and oxygen atoms in total. The molecule has 118 heavy (non-hydrogen) atoms. The smallest absolute Gasteiger partial charge is 0.438 e. The van der Waals surface area contributed by atoms with E-state index in [0.29, 0.717) is 152 Å². The van der Waals surface area contributed by atoms with E-state index in [2.05, 4.69) is 45.5 Å². The van der Waals surface area contributed by atoms with Crippen molar-refractivity contribution < 1.29 is 164 Å². The number of thioether (sulfide) groups is 1. The van der Waals surface area contributed by atoms with Crippen LogP contribution in [0.4, 0.5) is 4.79 Å². The summed E-state index contributed by atoms with van der Waals surface area (Å²) in [5, 5.41) is 0.139. The van der Waals surface area contributed by atoms with Crippen molar-refractivity contribution in [1.29, 1.82) is 0 Å². The van der Waals surface area contributed by atoms with Crippen LogP contribution < -0.4 is 0 Å². The second-order valence-corrected chi connectivity index (χ2v) is 43.4. The fourth-order valence-electron chi connectivity index (χ4n) is 7.39. The Labute approximate surface area is 730 Å². The molecule has 0 aliphatic carbocycles. The van der Waals surface area contributed by atoms with E-state index < -0.39 is 143 Å². The molecule has 0 bridgehead atoms. The first-order valence-electron chi connectivity index (χ1n) is 40.7. The molecule has 0 amide bonds. The van der Waals surface area contributed by atoms with Gasteiger partial charge in [0, 0.05) is 6.61 Å². The molecule has 0 spiro atoms. The second-order valence-electron chi connectivity index (χ2n) is 24.4. The third-order valence-corrected chi connectivity index (χ3v) is 34.5. The molecule has 1 fully saturated rings. The molecule has 0 aromatic heterocycles. The Morgan fingerprint density at radius 2 is 0.610 bits per heavy atom. The minimum atomic E-state index is -1.86. The zero-order valence-corrected chi connectivity index (χ0v) is 88.3. The number of rotatable bonds is 72. The van der Waals surface area contributed by atoms with Gasteiger partial charge in [-0.25, -0.2) is 4.79 Å². The molecule has 6 unspecified atom stereocenters. The van der Waals surface area contributed by atoms with Gasteiger partial charge in [0.15, 0.2) is 6.29 Å². The molecule has 1 heterocycles. The van der Waals surface area contributed by atoms with Crippen molar-refractivity contribution in [1.82, 2.24) is 0 Å². The zero-order valence-electron chi connectivity index (χ0n) is 77.5. The lowest BCUT2D eigenvalue weighted by Gasteiger charge is -2.43. The molecule has 712 valence electrons. The van der Waals surface area contributed by atoms with Crippen LogP contribution >= 0.6 is 97.8 Å². The van der Waals surface area contributed by atoms with Crippen LogP contribution in [-0.2, 0) is 159 Å². The molecular weight excluding hydrogens is 1790 g/mol. The quantitative estimate of drug-likeness (QED) is 0.0236. The van der Waals surface area contributed by atoms with Gasteiger partial charge in [-0.2, -0.15) is 0 Å². The Hall–Kier alpha value is 2.88. The van der Waals surface area contributed by atoms with Crippen molar-refractivity contribution in [2.24, 2.45) is 0 Å². The van der Waals surface area contributed by atoms with Crippen LogP contribution in [0, 0.1) is 0 Å². The summed E-state index contributed by atoms with van der Waals surface area (Å²) in [7, 11) is -15.8. The Kier molecular flexibility index (Phi) is 89.4. The van der Waals surface area contributed by atoms with E-state index in [1.54, 1.807) is 25.6 Å². The molecule has 0 saturated carbocycles. The van der Waals surface area contributed by atoms with E-state index in [0.717, 1.165) is 5.75 Å². The second kappa shape index (κ2) is 83.0. The van der Waals surface area contributed by atoms with E-state index in [-0.39, 0.29) is 29.4 Å². The Morgan fingerprint density at radius 1 is 0.347 bits per heavy atom. The third-order valence-electron chi connectivity index (χ3n) is 14.1. The first-order chi connectivity index (χ1) is 56.3. The van der Waals surface area contributed by atoms with Crippen molar-refractivity contribution in [2.45, 2.75) is 273 Å². The van der Waals surface area contributed by atoms with Crippen molar-refractivity contribution in [3.05, 3.63) is 0 Å². The number of carbonyl (C=O) groups is 1. The van der Waals surface area contributed by atoms with Gasteiger partial charge >= 0.3 is 99.3 Å². The maximum Gasteiger partial charge on any atom is 0.510 e. The molecule has 1 aliphatic rings. The van der Waals surface area contributed by atoms with Gasteiger partial charge in [0.25, 0.3) is 0 Å². The Bertz CT molecular complexity index is 2070. The van der Waals surface area contributed by atoms with Crippen LogP contribution in [0.1, 0.15) is 208 Å². The summed E-state index contributed by atoms with van der Waals surface area (Å²) in [6.45, 7) is 74.5. The van der Waals surface area contributed by atoms with Gasteiger partial charge in [0.05, 0.1) is 184 Å². The molecule has 1 aliphatic heterocycles. The fourth-order valence-corrected chi connectivity index (χ4v) is 20.7. The first kappa shape index (κ1) is 127. The maximum absolute atomic E-state index is 11.3. The minimum Gasteiger partial charge on any atom is -0.438 e. The standard InChI is InChI=1S/C17H37BO8P2.C16H38O6P2Si.C12H26O9P2.C12H28O7P2.C12H28O6P2S/c1-10-19-27(20-11-2)23-14(5)15(24-28(21-12-3)22-13-4)18-25-16(6,7)17(8,9)26-18;1-10-17-23(18-11-2)21-14-15(25(8,9)16(5,6)7)22-24(19-12-3)20-13-4;1-6-15-22(16-7-2)19-10-11(20-12(13)14-5)21-23(17-8-3)18-9-4;1-6-13-12(19-21(16-9-4)17-10-5)11-18-20(14-7-2)15-8-3;1-6-13-19(14-7-2)17-11-12(21-10-5)18-20(15-8-3)16-9-4/h14-15H,10-13H2,1-9H3;15H,10-14H2,1-9H3;11H,6-10H2,1-5H3;2*12H,6-11H2,1-5H3. The lowest BCUT2D eigenvalue weighted by atomic mass is 9.78. The monoisotopic (exact) mass is 1940 g/mol. The van der Waals surface area contributed by atoms with Gasteiger partial charge in [-0.1, -0.05) is 40.8 Å². The Morgan fingerprint density at radius 3 is 0.907 bits per heavy atom. The van der Waals surface area contributed by atoms with Gasteiger partial charge < -0.3 is 146 Å². The summed E-state index contributed by atoms with van der Waals surface area (Å²) in [6.07, 6.45) is -2.99. The highest BCUT2D eigenvalue weighted by Crippen LogP contribution is 2.53. The molecule has 1 saturated heterocycles. The summed E-state index contributed by atoms with van der Waals surface area (Å²) < 4.78 is 195. The summed E-state index contributed by atoms with van der Waals surface area (Å²) in [5.41, 5.74) is -1.24. The van der Waals surface area contributed by atoms with Crippen molar-refractivity contribution >= 4 is 119 Å². The largest absolute Gasteiger partial charge is 0.510 e. The molecule has 1 rings (SSSR count). The lowest BCUT2D eigenvalue weighted by Crippen LogP contribution is -2.52. The topological polar surface area (TPSA) is 340 Å². The zero-order chi connectivity index (χ0) is 90.2. The average molecular weight is 1940 g/mol. The molecular formula is C69H157BO36P10SSi. The number of hydrogen-bond acceptors (Lipinski definition) is 37. The molecule has 49 heteroatoms. The van der Waals surface area contributed by atoms with E-state index in [1.807, 2.05) is 166 Å². The number of methoxy groups -OCH3 is 1. The average Bonchev–Trinajstić information content (AvgIpc) is 1.59. The van der Waals surface area contributed by atoms with Gasteiger partial charge in [-0.15, -0.1) is 11.8 Å². The van der Waals surface area contributed by atoms with Crippen LogP contribution in [0.25, 0.3) is 0 Å². The van der Waals surface area contributed by atoms with Crippen LogP contribution in [0.15, 0.2) is 0 Å². The van der Waals surface area contributed by atoms with Crippen molar-refractivity contribution in [3.63, 3.8) is 0 Å². The number of carbonyl (C=O) groups excluding carboxylic acids is 1. The summed E-state index contributed by atoms with van der Waals surface area (Å²) >= 11 is 1.64. The third kappa shape index (κ3) is 63.8. The van der Waals surface area contributed by atoms with E-state index in [9.17, 15) is 4.79 Å². The normalized spacial score (nSPS) is 15.2. The maximum atomic E-state index is 11.3. The predicted molar refractivity (Wildman–Crippen MR) is 477 cm³/mol. The molecule has 0 aromatic rings. The van der Waals surface area contributed by atoms with E-state index in [1.165, 1.54) is 7.11 Å². The summed E-state index contributed by atoms with van der Waals surface area (Å²) in [5.74, 6) is 0.913. The summed E-state index contributed by atoms with van der Waals surface area (Å²) in [6, 6.07) is -0.587. The van der Waals surface area contributed by atoms with Gasteiger partial charge in [0.1, 0.15) is 24.7 Å². The van der Waals surface area contributed by atoms with Gasteiger partial charge in [-0.05, 0) is 191 Å². The summed E-state index contributed by atoms with van der Waals surface area (Å²) in [4.78, 5) is 11.3. The van der Waals surface area contributed by atoms with Crippen LogP contribution in [0.2, 0.25) is 18.1 Å². The fraction of sp³-hybridized carbons (Fsp3) is 0.986. The molecule has 0 N–H and O–H groups in total. The molecule has 0 aromatic carbocycles. The highest BCUT2D eigenvalue weighted by Gasteiger charge is 2.57. The minimum absolute atomic E-state index is 0.0809. The van der Waals surface area contributed by atoms with Crippen LogP contribution in [0.5, 0.6) is 0 Å². The van der Waals surface area contributed by atoms with Gasteiger partial charge in [0.2, 0.25) is 6.29 Å². The first-order valence-corrected chi connectivity index (χ1v) is 55.8. The Balaban J connectivity index is -0.000000691. The van der Waals surface area contributed by atoms with Gasteiger partial charge in [-0.3, -0.25) is 13.6 Å². The lowest BCUT2D eigenvalue weighted by molar-refractivity contribution is -0.108. The van der Waals surface area contributed by atoms with Crippen LogP contribution in [-0.4, -0.2) is 246 Å². The number of ether oxygens (including phenoxy) is 3. The highest BCUT2D eigenvalue weighted by atomic mass is 32.2. The van der Waals surface area contributed by atoms with E-state index in [4.69, 9.17) is 154 Å². The van der Waals surface area contributed by atoms with Crippen molar-refractivity contribution in [2.75, 3.05) is 178 Å². The molecule has 6 atom stereocenters. The SMILES string of the molecule is CCOC(COP(OCC)OCC)OP(OCC)OCC.CCOP(OCC)OC(C)C(OP(OCC)OCC)B1OC(C)(C)C(C)(C)O1.CCOP(OCC)OCC(OC(=O)OC)OP(OCC)OCC.CCOP(OCC)OCC(OP(OCC)OCC)SCC.CCOP(OCC)OCC(OP(OCC)OCC)[Si](C)(C)C(C)(C)C. The highest BCUT2D eigenvalue weighted by molar-refractivity contribution is 7.99. The number of hydrogen-bond donors (Lipinski definition) is 0. The molecule has 0 radical (unpaired) electrons. The predicted octanol–water partition coefficient (Wildman–Crippen LogP) is 23.5. The van der Waals surface area contributed by atoms with Crippen LogP contribution in [0.3, 0.4) is 0 Å². The van der Waals surface area contributed by atoms with Crippen molar-refractivity contribution in [3.8, 4) is 0 Å². The van der Waals surface area contributed by atoms with E-state index >= 15 is 0 Å².